The summed E-state index contributed by atoms with van der Waals surface area (Å²) in [5.41, 5.74) is 10.3. The first-order valence-electron chi connectivity index (χ1n) is 8.08. The first kappa shape index (κ1) is 23.2. The Bertz CT molecular complexity index is 906. The van der Waals surface area contributed by atoms with Crippen LogP contribution in [0.2, 0.25) is 0 Å². The van der Waals surface area contributed by atoms with E-state index in [9.17, 15) is 26.8 Å². The molecule has 0 heterocycles. The fourth-order valence-electron chi connectivity index (χ4n) is 2.03. The number of sulfone groups is 1. The van der Waals surface area contributed by atoms with Gasteiger partial charge in [-0.05, 0) is 18.6 Å². The van der Waals surface area contributed by atoms with Gasteiger partial charge in [-0.15, -0.1) is 0 Å². The Morgan fingerprint density at radius 1 is 1.18 bits per heavy atom. The number of nitrogens with two attached hydrogens (primary N) is 2. The molecule has 0 unspecified atom stereocenters. The van der Waals surface area contributed by atoms with Gasteiger partial charge in [0.2, 0.25) is 5.78 Å². The molecule has 1 aromatic rings. The Hall–Kier alpha value is -2.82. The zero-order valence-corrected chi connectivity index (χ0v) is 16.2. The summed E-state index contributed by atoms with van der Waals surface area (Å²) >= 11 is 0. The number of hydrogen-bond donors (Lipinski definition) is 2. The predicted molar refractivity (Wildman–Crippen MR) is 99.4 cm³/mol. The number of Topliss-reactive ketones (excluding diaryl/α,β-unsaturated/α-hetero) is 1. The molecule has 4 N–H and O–H groups in total. The minimum absolute atomic E-state index is 0.00451. The van der Waals surface area contributed by atoms with Crippen LogP contribution < -0.4 is 11.5 Å². The number of carbonyl (C=O) groups excluding carboxylic acids is 2. The summed E-state index contributed by atoms with van der Waals surface area (Å²) < 4.78 is 54.3. The molecule has 1 rings (SSSR count). The van der Waals surface area contributed by atoms with Gasteiger partial charge in [0.05, 0.1) is 17.9 Å². The highest BCUT2D eigenvalue weighted by atomic mass is 32.2. The summed E-state index contributed by atoms with van der Waals surface area (Å²) in [6.45, 7) is 0.456. The normalized spacial score (nSPS) is 13.1. The van der Waals surface area contributed by atoms with Crippen LogP contribution in [0.1, 0.15) is 23.7 Å². The topological polar surface area (TPSA) is 142 Å². The second-order valence-corrected chi connectivity index (χ2v) is 8.01. The van der Waals surface area contributed by atoms with Gasteiger partial charge in [0.25, 0.3) is 0 Å². The van der Waals surface area contributed by atoms with Crippen LogP contribution in [0, 0.1) is 11.6 Å². The lowest BCUT2D eigenvalue weighted by atomic mass is 10.1. The monoisotopic (exact) mass is 417 g/mol. The molecule has 0 bridgehead atoms. The molecular formula is C17H21F2N3O5S. The smallest absolute Gasteiger partial charge is 0.344 e. The van der Waals surface area contributed by atoms with E-state index in [1.807, 2.05) is 0 Å². The number of carbonyl (C=O) groups is 2. The summed E-state index contributed by atoms with van der Waals surface area (Å²) in [6.07, 6.45) is 1.19. The zero-order valence-electron chi connectivity index (χ0n) is 15.4. The second kappa shape index (κ2) is 9.93. The maximum Gasteiger partial charge on any atom is 0.344 e. The summed E-state index contributed by atoms with van der Waals surface area (Å²) in [4.78, 5) is 28.0. The fourth-order valence-corrected chi connectivity index (χ4v) is 2.45. The number of nitrogens with zero attached hydrogens (tertiary/aromatic N) is 1. The van der Waals surface area contributed by atoms with Gasteiger partial charge in [-0.3, -0.25) is 9.79 Å². The Kier molecular flexibility index (Phi) is 8.23. The van der Waals surface area contributed by atoms with Gasteiger partial charge >= 0.3 is 5.97 Å². The summed E-state index contributed by atoms with van der Waals surface area (Å²) in [6, 6.07) is 2.87. The summed E-state index contributed by atoms with van der Waals surface area (Å²) in [5, 5.41) is 0. The van der Waals surface area contributed by atoms with Crippen molar-refractivity contribution >= 4 is 27.4 Å². The first-order valence-corrected chi connectivity index (χ1v) is 10.1. The molecule has 0 fully saturated rings. The lowest BCUT2D eigenvalue weighted by Crippen LogP contribution is -2.29. The Labute approximate surface area is 161 Å². The minimum atomic E-state index is -3.29. The number of ether oxygens (including phenoxy) is 1. The van der Waals surface area contributed by atoms with Crippen LogP contribution in [0.3, 0.4) is 0 Å². The van der Waals surface area contributed by atoms with Gasteiger partial charge in [0.1, 0.15) is 32.9 Å². The minimum Gasteiger partial charge on any atom is -0.454 e. The molecule has 11 heteroatoms. The van der Waals surface area contributed by atoms with Gasteiger partial charge < -0.3 is 16.2 Å². The maximum absolute atomic E-state index is 13.6. The van der Waals surface area contributed by atoms with Crippen molar-refractivity contribution in [2.24, 2.45) is 16.5 Å². The highest BCUT2D eigenvalue weighted by Crippen LogP contribution is 2.14. The molecule has 0 aromatic heterocycles. The molecule has 0 aliphatic heterocycles. The van der Waals surface area contributed by atoms with E-state index in [0.717, 1.165) is 24.5 Å². The molecule has 0 aliphatic rings. The lowest BCUT2D eigenvalue weighted by molar-refractivity contribution is -0.137. The van der Waals surface area contributed by atoms with E-state index in [2.05, 4.69) is 4.99 Å². The number of amidine groups is 1. The van der Waals surface area contributed by atoms with E-state index in [1.165, 1.54) is 0 Å². The van der Waals surface area contributed by atoms with Gasteiger partial charge in [0, 0.05) is 12.0 Å². The summed E-state index contributed by atoms with van der Waals surface area (Å²) in [7, 11) is -3.29. The number of ketones is 1. The van der Waals surface area contributed by atoms with Crippen LogP contribution in [0.15, 0.2) is 34.5 Å². The molecule has 0 spiro atoms. The highest BCUT2D eigenvalue weighted by molar-refractivity contribution is 7.90. The van der Waals surface area contributed by atoms with Crippen LogP contribution in [-0.2, 0) is 19.4 Å². The van der Waals surface area contributed by atoms with Gasteiger partial charge in [0.15, 0.2) is 6.61 Å². The van der Waals surface area contributed by atoms with E-state index in [1.54, 1.807) is 6.92 Å². The van der Waals surface area contributed by atoms with E-state index in [-0.39, 0.29) is 35.8 Å². The standard InChI is InChI=1S/C17H21F2N3O5S/c1-3-12(20)15(16(21)22-7-8-28(2,25)26)17(24)27-9-13(23)14-10(18)5-4-6-11(14)19/h4-6H,3,7-9,20H2,1-2H3,(H2,21,22). The van der Waals surface area contributed by atoms with Crippen molar-refractivity contribution in [3.05, 3.63) is 46.7 Å². The van der Waals surface area contributed by atoms with Crippen LogP contribution in [-0.4, -0.2) is 51.2 Å². The highest BCUT2D eigenvalue weighted by Gasteiger charge is 2.23. The van der Waals surface area contributed by atoms with Crippen molar-refractivity contribution in [2.45, 2.75) is 13.3 Å². The zero-order chi connectivity index (χ0) is 21.5. The van der Waals surface area contributed by atoms with Crippen LogP contribution >= 0.6 is 0 Å². The van der Waals surface area contributed by atoms with E-state index in [0.29, 0.717) is 0 Å². The Balaban J connectivity index is 2.95. The molecule has 8 nitrogen and oxygen atoms in total. The van der Waals surface area contributed by atoms with E-state index in [4.69, 9.17) is 16.2 Å². The molecule has 0 amide bonds. The quantitative estimate of drug-likeness (QED) is 0.198. The number of allylic oxidation sites excluding steroid dienone is 1. The number of aliphatic imine (C=N–C) groups is 1. The van der Waals surface area contributed by atoms with Crippen LogP contribution in [0.5, 0.6) is 0 Å². The SMILES string of the molecule is CCC(N)=C(C(=O)OCC(=O)c1c(F)cccc1F)C(N)=NCCS(C)(=O)=O. The van der Waals surface area contributed by atoms with E-state index < -0.39 is 45.4 Å². The second-order valence-electron chi connectivity index (χ2n) is 5.75. The van der Waals surface area contributed by atoms with Gasteiger partial charge in [-0.2, -0.15) is 0 Å². The van der Waals surface area contributed by atoms with Crippen molar-refractivity contribution in [3.8, 4) is 0 Å². The third-order valence-electron chi connectivity index (χ3n) is 3.48. The van der Waals surface area contributed by atoms with Crippen molar-refractivity contribution < 1.29 is 31.5 Å². The first-order chi connectivity index (χ1) is 13.0. The largest absolute Gasteiger partial charge is 0.454 e. The molecule has 0 radical (unpaired) electrons. The number of rotatable bonds is 9. The molecule has 28 heavy (non-hydrogen) atoms. The summed E-state index contributed by atoms with van der Waals surface area (Å²) in [5.74, 6) is -5.06. The molecule has 0 saturated carbocycles. The van der Waals surface area contributed by atoms with Crippen LogP contribution in [0.25, 0.3) is 0 Å². The number of halogens is 2. The average Bonchev–Trinajstić information content (AvgIpc) is 2.58. The average molecular weight is 417 g/mol. The fraction of sp³-hybridized carbons (Fsp3) is 0.353. The maximum atomic E-state index is 13.6. The van der Waals surface area contributed by atoms with Gasteiger partial charge in [-0.25, -0.2) is 22.0 Å². The van der Waals surface area contributed by atoms with Gasteiger partial charge in [-0.1, -0.05) is 13.0 Å². The van der Waals surface area contributed by atoms with Crippen molar-refractivity contribution in [1.29, 1.82) is 0 Å². The molecular weight excluding hydrogens is 396 g/mol. The molecule has 0 aliphatic carbocycles. The third-order valence-corrected chi connectivity index (χ3v) is 4.41. The van der Waals surface area contributed by atoms with Crippen molar-refractivity contribution in [1.82, 2.24) is 0 Å². The third kappa shape index (κ3) is 6.72. The molecule has 154 valence electrons. The molecule has 0 saturated heterocycles. The van der Waals surface area contributed by atoms with Crippen molar-refractivity contribution in [2.75, 3.05) is 25.2 Å². The Morgan fingerprint density at radius 3 is 2.25 bits per heavy atom. The Morgan fingerprint density at radius 2 is 1.75 bits per heavy atom. The molecule has 1 aromatic carbocycles. The number of esters is 1. The van der Waals surface area contributed by atoms with Crippen LogP contribution in [0.4, 0.5) is 8.78 Å². The molecule has 0 atom stereocenters. The number of benzene rings is 1. The van der Waals surface area contributed by atoms with E-state index >= 15 is 0 Å². The predicted octanol–water partition coefficient (Wildman–Crippen LogP) is 0.715. The lowest BCUT2D eigenvalue weighted by Gasteiger charge is -2.11. The van der Waals surface area contributed by atoms with Crippen molar-refractivity contribution in [3.63, 3.8) is 0 Å². The number of hydrogen-bond acceptors (Lipinski definition) is 7.